The number of para-hydroxylation sites is 1. The number of anilines is 1. The zero-order chi connectivity index (χ0) is 22.8. The molecule has 0 radical (unpaired) electrons. The maximum atomic E-state index is 12.8. The molecule has 0 unspecified atom stereocenters. The SMILES string of the molecule is COc1ccccc1CCNC(=O)[C@H]1CCc2sc(NC(=O)c3ccc4c(c3)OCO4)nc21. The molecular weight excluding hydrogens is 442 g/mol. The number of carbonyl (C=O) groups is 2. The van der Waals surface area contributed by atoms with Gasteiger partial charge in [0.1, 0.15) is 5.75 Å². The van der Waals surface area contributed by atoms with Crippen LogP contribution in [0.4, 0.5) is 5.13 Å². The minimum absolute atomic E-state index is 0.0393. The summed E-state index contributed by atoms with van der Waals surface area (Å²) in [4.78, 5) is 31.1. The van der Waals surface area contributed by atoms with Crippen LogP contribution in [0.3, 0.4) is 0 Å². The molecule has 8 nitrogen and oxygen atoms in total. The van der Waals surface area contributed by atoms with E-state index in [1.807, 2.05) is 24.3 Å². The molecule has 1 atom stereocenters. The van der Waals surface area contributed by atoms with Crippen molar-refractivity contribution in [3.8, 4) is 17.2 Å². The monoisotopic (exact) mass is 465 g/mol. The number of aryl methyl sites for hydroxylation is 1. The van der Waals surface area contributed by atoms with E-state index >= 15 is 0 Å². The summed E-state index contributed by atoms with van der Waals surface area (Å²) in [6, 6.07) is 12.8. The van der Waals surface area contributed by atoms with E-state index in [9.17, 15) is 9.59 Å². The number of nitrogens with zero attached hydrogens (tertiary/aromatic N) is 1. The first-order valence-corrected chi connectivity index (χ1v) is 11.5. The number of nitrogens with one attached hydrogen (secondary N) is 2. The van der Waals surface area contributed by atoms with E-state index in [4.69, 9.17) is 14.2 Å². The first-order valence-electron chi connectivity index (χ1n) is 10.7. The van der Waals surface area contributed by atoms with E-state index in [1.54, 1.807) is 25.3 Å². The summed E-state index contributed by atoms with van der Waals surface area (Å²) in [6.07, 6.45) is 2.19. The summed E-state index contributed by atoms with van der Waals surface area (Å²) in [5, 5.41) is 6.36. The van der Waals surface area contributed by atoms with Crippen molar-refractivity contribution in [2.45, 2.75) is 25.2 Å². The largest absolute Gasteiger partial charge is 0.496 e. The summed E-state index contributed by atoms with van der Waals surface area (Å²) in [5.74, 6) is 1.37. The standard InChI is InChI=1S/C24H23N3O5S/c1-30-17-5-3-2-4-14(17)10-11-25-23(29)16-7-9-20-21(16)26-24(33-20)27-22(28)15-6-8-18-19(12-15)32-13-31-18/h2-6,8,12,16H,7,9-11,13H2,1H3,(H,25,29)(H,26,27,28)/t16-/m0/s1. The molecule has 5 rings (SSSR count). The van der Waals surface area contributed by atoms with Gasteiger partial charge in [0.2, 0.25) is 12.7 Å². The highest BCUT2D eigenvalue weighted by Crippen LogP contribution is 2.39. The van der Waals surface area contributed by atoms with Crippen molar-refractivity contribution < 1.29 is 23.8 Å². The first kappa shape index (κ1) is 21.3. The zero-order valence-electron chi connectivity index (χ0n) is 18.1. The van der Waals surface area contributed by atoms with Gasteiger partial charge in [0.05, 0.1) is 18.7 Å². The molecule has 2 aliphatic rings. The Labute approximate surface area is 194 Å². The average molecular weight is 466 g/mol. The normalized spacial score (nSPS) is 15.7. The summed E-state index contributed by atoms with van der Waals surface area (Å²) >= 11 is 1.42. The van der Waals surface area contributed by atoms with Gasteiger partial charge in [-0.3, -0.25) is 14.9 Å². The van der Waals surface area contributed by atoms with Crippen molar-refractivity contribution in [3.05, 3.63) is 64.2 Å². The molecule has 2 heterocycles. The van der Waals surface area contributed by atoms with Gasteiger partial charge in [-0.2, -0.15) is 0 Å². The lowest BCUT2D eigenvalue weighted by Crippen LogP contribution is -2.30. The molecule has 33 heavy (non-hydrogen) atoms. The Bertz CT molecular complexity index is 1210. The molecule has 1 aromatic heterocycles. The lowest BCUT2D eigenvalue weighted by atomic mass is 10.1. The van der Waals surface area contributed by atoms with Crippen molar-refractivity contribution in [1.29, 1.82) is 0 Å². The number of benzene rings is 2. The lowest BCUT2D eigenvalue weighted by molar-refractivity contribution is -0.122. The second-order valence-corrected chi connectivity index (χ2v) is 8.88. The van der Waals surface area contributed by atoms with Gasteiger partial charge in [0.15, 0.2) is 16.6 Å². The van der Waals surface area contributed by atoms with Gasteiger partial charge >= 0.3 is 0 Å². The maximum Gasteiger partial charge on any atom is 0.257 e. The Morgan fingerprint density at radius 1 is 1.18 bits per heavy atom. The van der Waals surface area contributed by atoms with Gasteiger partial charge < -0.3 is 19.5 Å². The first-order chi connectivity index (χ1) is 16.1. The fourth-order valence-electron chi connectivity index (χ4n) is 4.10. The molecule has 0 bridgehead atoms. The van der Waals surface area contributed by atoms with E-state index in [0.717, 1.165) is 34.7 Å². The fraction of sp³-hybridized carbons (Fsp3) is 0.292. The van der Waals surface area contributed by atoms with Crippen LogP contribution in [0.1, 0.15) is 38.8 Å². The number of hydrogen-bond acceptors (Lipinski definition) is 7. The molecular formula is C24H23N3O5S. The van der Waals surface area contributed by atoms with E-state index in [-0.39, 0.29) is 24.5 Å². The summed E-state index contributed by atoms with van der Waals surface area (Å²) in [6.45, 7) is 0.671. The number of thiazole rings is 1. The average Bonchev–Trinajstić information content (AvgIpc) is 3.54. The summed E-state index contributed by atoms with van der Waals surface area (Å²) in [7, 11) is 1.64. The fourth-order valence-corrected chi connectivity index (χ4v) is 5.13. The minimum atomic E-state index is -0.301. The molecule has 1 aliphatic heterocycles. The highest BCUT2D eigenvalue weighted by Gasteiger charge is 2.32. The van der Waals surface area contributed by atoms with Crippen LogP contribution in [0.2, 0.25) is 0 Å². The number of methoxy groups -OCH3 is 1. The maximum absolute atomic E-state index is 12.8. The summed E-state index contributed by atoms with van der Waals surface area (Å²) < 4.78 is 16.0. The van der Waals surface area contributed by atoms with Crippen LogP contribution < -0.4 is 24.8 Å². The van der Waals surface area contributed by atoms with E-state index in [2.05, 4.69) is 15.6 Å². The Morgan fingerprint density at radius 2 is 2.03 bits per heavy atom. The van der Waals surface area contributed by atoms with E-state index < -0.39 is 0 Å². The molecule has 2 amide bonds. The predicted octanol–water partition coefficient (Wildman–Crippen LogP) is 3.52. The van der Waals surface area contributed by atoms with Crippen LogP contribution in [-0.4, -0.2) is 37.2 Å². The number of rotatable bonds is 7. The number of carbonyl (C=O) groups excluding carboxylic acids is 2. The number of ether oxygens (including phenoxy) is 3. The van der Waals surface area contributed by atoms with Crippen LogP contribution in [0.15, 0.2) is 42.5 Å². The van der Waals surface area contributed by atoms with Gasteiger partial charge in [-0.1, -0.05) is 18.2 Å². The molecule has 1 aliphatic carbocycles. The molecule has 0 spiro atoms. The van der Waals surface area contributed by atoms with Crippen molar-refractivity contribution in [2.75, 3.05) is 25.8 Å². The highest BCUT2D eigenvalue weighted by molar-refractivity contribution is 7.16. The third kappa shape index (κ3) is 4.36. The van der Waals surface area contributed by atoms with Gasteiger partial charge in [0.25, 0.3) is 5.91 Å². The zero-order valence-corrected chi connectivity index (χ0v) is 18.9. The number of amides is 2. The van der Waals surface area contributed by atoms with Crippen molar-refractivity contribution >= 4 is 28.3 Å². The molecule has 9 heteroatoms. The molecule has 2 N–H and O–H groups in total. The smallest absolute Gasteiger partial charge is 0.257 e. The Balaban J connectivity index is 1.20. The number of fused-ring (bicyclic) bond motifs is 2. The van der Waals surface area contributed by atoms with Crippen molar-refractivity contribution in [2.24, 2.45) is 0 Å². The summed E-state index contributed by atoms with van der Waals surface area (Å²) in [5.41, 5.74) is 2.27. The molecule has 0 saturated heterocycles. The van der Waals surface area contributed by atoms with Crippen LogP contribution >= 0.6 is 11.3 Å². The molecule has 0 saturated carbocycles. The third-order valence-electron chi connectivity index (χ3n) is 5.78. The van der Waals surface area contributed by atoms with E-state index in [0.29, 0.717) is 35.2 Å². The number of aromatic nitrogens is 1. The third-order valence-corrected chi connectivity index (χ3v) is 6.82. The Hall–Kier alpha value is -3.59. The van der Waals surface area contributed by atoms with Gasteiger partial charge in [-0.05, 0) is 49.1 Å². The number of hydrogen-bond donors (Lipinski definition) is 2. The highest BCUT2D eigenvalue weighted by atomic mass is 32.1. The van der Waals surface area contributed by atoms with Crippen molar-refractivity contribution in [3.63, 3.8) is 0 Å². The van der Waals surface area contributed by atoms with Gasteiger partial charge in [-0.15, -0.1) is 11.3 Å². The van der Waals surface area contributed by atoms with Crippen LogP contribution in [0.25, 0.3) is 0 Å². The van der Waals surface area contributed by atoms with Crippen LogP contribution in [0.5, 0.6) is 17.2 Å². The molecule has 0 fully saturated rings. The topological polar surface area (TPSA) is 98.8 Å². The second-order valence-electron chi connectivity index (χ2n) is 7.79. The van der Waals surface area contributed by atoms with E-state index in [1.165, 1.54) is 11.3 Å². The molecule has 170 valence electrons. The predicted molar refractivity (Wildman–Crippen MR) is 123 cm³/mol. The van der Waals surface area contributed by atoms with Crippen LogP contribution in [-0.2, 0) is 17.6 Å². The Kier molecular flexibility index (Phi) is 5.87. The van der Waals surface area contributed by atoms with Gasteiger partial charge in [-0.25, -0.2) is 4.98 Å². The molecule has 2 aromatic carbocycles. The van der Waals surface area contributed by atoms with Crippen LogP contribution in [0, 0.1) is 0 Å². The lowest BCUT2D eigenvalue weighted by Gasteiger charge is -2.12. The van der Waals surface area contributed by atoms with Crippen molar-refractivity contribution in [1.82, 2.24) is 10.3 Å². The van der Waals surface area contributed by atoms with Gasteiger partial charge in [0, 0.05) is 17.0 Å². The quantitative estimate of drug-likeness (QED) is 0.554. The Morgan fingerprint density at radius 3 is 2.91 bits per heavy atom. The molecule has 3 aromatic rings. The minimum Gasteiger partial charge on any atom is -0.496 e. The second kappa shape index (κ2) is 9.11.